The van der Waals surface area contributed by atoms with E-state index in [1.807, 2.05) is 18.2 Å². The molecule has 0 bridgehead atoms. The first kappa shape index (κ1) is 25.5. The number of carbonyl (C=O) groups is 2. The van der Waals surface area contributed by atoms with Crippen molar-refractivity contribution in [2.24, 2.45) is 0 Å². The van der Waals surface area contributed by atoms with E-state index in [4.69, 9.17) is 4.74 Å². The summed E-state index contributed by atoms with van der Waals surface area (Å²) in [6.45, 7) is 0. The van der Waals surface area contributed by atoms with Crippen molar-refractivity contribution in [2.75, 3.05) is 16.0 Å². The second kappa shape index (κ2) is 10.3. The SMILES string of the molecule is O=C1CC(C(=O)Nc2ccc(Oc3ccccc3)cc2)c2c(nc(Nc3cccc(C(F)(F)F)c3)[nH]c2=O)N1. The van der Waals surface area contributed by atoms with Gasteiger partial charge >= 0.3 is 6.18 Å². The fraction of sp³-hybridized carbons (Fsp3) is 0.111. The predicted octanol–water partition coefficient (Wildman–Crippen LogP) is 5.39. The van der Waals surface area contributed by atoms with Crippen LogP contribution >= 0.6 is 0 Å². The highest BCUT2D eigenvalue weighted by Gasteiger charge is 2.35. The molecule has 4 N–H and O–H groups in total. The minimum atomic E-state index is -4.56. The summed E-state index contributed by atoms with van der Waals surface area (Å²) in [6.07, 6.45) is -4.85. The van der Waals surface area contributed by atoms with E-state index in [0.29, 0.717) is 17.2 Å². The monoisotopic (exact) mass is 535 g/mol. The number of aromatic nitrogens is 2. The van der Waals surface area contributed by atoms with Crippen molar-refractivity contribution in [3.8, 4) is 11.5 Å². The normalized spacial score (nSPS) is 14.6. The van der Waals surface area contributed by atoms with E-state index < -0.39 is 35.0 Å². The van der Waals surface area contributed by atoms with Crippen molar-refractivity contribution >= 4 is 35.0 Å². The third-order valence-electron chi connectivity index (χ3n) is 5.82. The minimum Gasteiger partial charge on any atom is -0.457 e. The number of carbonyl (C=O) groups excluding carboxylic acids is 2. The third-order valence-corrected chi connectivity index (χ3v) is 5.82. The van der Waals surface area contributed by atoms with Gasteiger partial charge in [0.05, 0.1) is 17.0 Å². The fourth-order valence-corrected chi connectivity index (χ4v) is 4.02. The molecule has 39 heavy (non-hydrogen) atoms. The Morgan fingerprint density at radius 3 is 2.36 bits per heavy atom. The van der Waals surface area contributed by atoms with Crippen molar-refractivity contribution in [1.82, 2.24) is 9.97 Å². The maximum atomic E-state index is 13.1. The molecule has 0 spiro atoms. The summed E-state index contributed by atoms with van der Waals surface area (Å²) >= 11 is 0. The Morgan fingerprint density at radius 1 is 0.923 bits per heavy atom. The summed E-state index contributed by atoms with van der Waals surface area (Å²) in [4.78, 5) is 44.9. The lowest BCUT2D eigenvalue weighted by Crippen LogP contribution is -2.36. The van der Waals surface area contributed by atoms with Crippen LogP contribution < -0.4 is 26.2 Å². The van der Waals surface area contributed by atoms with Crippen LogP contribution in [0.15, 0.2) is 83.7 Å². The van der Waals surface area contributed by atoms with Crippen molar-refractivity contribution in [1.29, 1.82) is 0 Å². The van der Waals surface area contributed by atoms with E-state index in [-0.39, 0.29) is 29.4 Å². The average molecular weight is 535 g/mol. The summed E-state index contributed by atoms with van der Waals surface area (Å²) < 4.78 is 44.8. The predicted molar refractivity (Wildman–Crippen MR) is 137 cm³/mol. The smallest absolute Gasteiger partial charge is 0.416 e. The van der Waals surface area contributed by atoms with Crippen LogP contribution in [0.5, 0.6) is 11.5 Å². The van der Waals surface area contributed by atoms with Gasteiger partial charge in [-0.3, -0.25) is 19.4 Å². The highest BCUT2D eigenvalue weighted by Crippen LogP contribution is 2.33. The second-order valence-electron chi connectivity index (χ2n) is 8.61. The summed E-state index contributed by atoms with van der Waals surface area (Å²) in [6, 6.07) is 20.0. The molecule has 5 rings (SSSR count). The van der Waals surface area contributed by atoms with Crippen LogP contribution in [0.25, 0.3) is 0 Å². The zero-order chi connectivity index (χ0) is 27.6. The Bertz CT molecular complexity index is 1590. The van der Waals surface area contributed by atoms with Crippen molar-refractivity contribution < 1.29 is 27.5 Å². The standard InChI is InChI=1S/C27H20F3N5O4/c28-27(29,30)15-5-4-6-17(13-15)32-26-34-23-22(25(38)35-26)20(14-21(36)33-23)24(37)31-16-9-11-19(12-10-16)39-18-7-2-1-3-8-18/h1-13,20H,14H2,(H,31,37)(H3,32,33,34,35,36,38). The molecule has 2 heterocycles. The lowest BCUT2D eigenvalue weighted by molar-refractivity contribution is -0.137. The number of nitrogens with zero attached hydrogens (tertiary/aromatic N) is 1. The molecule has 0 saturated carbocycles. The van der Waals surface area contributed by atoms with Crippen LogP contribution in [-0.2, 0) is 15.8 Å². The number of hydrogen-bond acceptors (Lipinski definition) is 6. The van der Waals surface area contributed by atoms with Gasteiger partial charge in [0.2, 0.25) is 17.8 Å². The van der Waals surface area contributed by atoms with Gasteiger partial charge in [0, 0.05) is 17.8 Å². The maximum absolute atomic E-state index is 13.1. The lowest BCUT2D eigenvalue weighted by atomic mass is 9.92. The quantitative estimate of drug-likeness (QED) is 0.262. The van der Waals surface area contributed by atoms with Crippen LogP contribution in [-0.4, -0.2) is 21.8 Å². The van der Waals surface area contributed by atoms with Crippen molar-refractivity contribution in [3.05, 3.63) is 100 Å². The third kappa shape index (κ3) is 5.90. The van der Waals surface area contributed by atoms with Crippen LogP contribution in [0.2, 0.25) is 0 Å². The van der Waals surface area contributed by atoms with Gasteiger partial charge in [0.1, 0.15) is 17.3 Å². The van der Waals surface area contributed by atoms with Crippen LogP contribution in [0.3, 0.4) is 0 Å². The lowest BCUT2D eigenvalue weighted by Gasteiger charge is -2.23. The molecule has 1 aromatic heterocycles. The van der Waals surface area contributed by atoms with Gasteiger partial charge in [-0.1, -0.05) is 24.3 Å². The van der Waals surface area contributed by atoms with Crippen molar-refractivity contribution in [3.63, 3.8) is 0 Å². The molecule has 4 aromatic rings. The summed E-state index contributed by atoms with van der Waals surface area (Å²) in [5, 5.41) is 7.74. The molecular formula is C27H20F3N5O4. The summed E-state index contributed by atoms with van der Waals surface area (Å²) in [7, 11) is 0. The van der Waals surface area contributed by atoms with E-state index in [9.17, 15) is 27.6 Å². The largest absolute Gasteiger partial charge is 0.457 e. The Balaban J connectivity index is 1.33. The molecule has 1 atom stereocenters. The van der Waals surface area contributed by atoms with Crippen LogP contribution in [0.1, 0.15) is 23.5 Å². The molecule has 9 nitrogen and oxygen atoms in total. The van der Waals surface area contributed by atoms with Gasteiger partial charge in [-0.25, -0.2) is 0 Å². The highest BCUT2D eigenvalue weighted by molar-refractivity contribution is 6.04. The molecule has 3 aromatic carbocycles. The number of nitrogens with one attached hydrogen (secondary N) is 4. The molecule has 1 aliphatic heterocycles. The van der Waals surface area contributed by atoms with Gasteiger partial charge in [0.15, 0.2) is 0 Å². The molecule has 1 unspecified atom stereocenters. The summed E-state index contributed by atoms with van der Waals surface area (Å²) in [5.74, 6) is -1.46. The minimum absolute atomic E-state index is 0.0176. The number of aromatic amines is 1. The molecule has 0 saturated heterocycles. The van der Waals surface area contributed by atoms with Gasteiger partial charge < -0.3 is 20.7 Å². The zero-order valence-electron chi connectivity index (χ0n) is 20.0. The van der Waals surface area contributed by atoms with Crippen LogP contribution in [0, 0.1) is 0 Å². The molecular weight excluding hydrogens is 515 g/mol. The number of para-hydroxylation sites is 1. The Kier molecular flexibility index (Phi) is 6.75. The number of halogens is 3. The maximum Gasteiger partial charge on any atom is 0.416 e. The Labute approximate surface area is 219 Å². The number of H-pyrrole nitrogens is 1. The van der Waals surface area contributed by atoms with Crippen molar-refractivity contribution in [2.45, 2.75) is 18.5 Å². The number of anilines is 4. The van der Waals surface area contributed by atoms with Gasteiger partial charge in [-0.15, -0.1) is 0 Å². The Hall–Kier alpha value is -5.13. The van der Waals surface area contributed by atoms with Gasteiger partial charge in [0.25, 0.3) is 5.56 Å². The Morgan fingerprint density at radius 2 is 1.64 bits per heavy atom. The number of ether oxygens (including phenoxy) is 1. The van der Waals surface area contributed by atoms with Gasteiger partial charge in [-0.2, -0.15) is 18.2 Å². The topological polar surface area (TPSA) is 125 Å². The molecule has 0 radical (unpaired) electrons. The molecule has 1 aliphatic rings. The number of hydrogen-bond donors (Lipinski definition) is 4. The van der Waals surface area contributed by atoms with E-state index >= 15 is 0 Å². The number of fused-ring (bicyclic) bond motifs is 1. The zero-order valence-corrected chi connectivity index (χ0v) is 20.0. The van der Waals surface area contributed by atoms with E-state index in [2.05, 4.69) is 25.9 Å². The number of rotatable bonds is 6. The van der Waals surface area contributed by atoms with Crippen LogP contribution in [0.4, 0.5) is 36.3 Å². The number of amides is 2. The molecule has 198 valence electrons. The van der Waals surface area contributed by atoms with Gasteiger partial charge in [-0.05, 0) is 54.6 Å². The van der Waals surface area contributed by atoms with E-state index in [1.54, 1.807) is 36.4 Å². The first-order chi connectivity index (χ1) is 18.7. The molecule has 0 aliphatic carbocycles. The second-order valence-corrected chi connectivity index (χ2v) is 8.61. The first-order valence-electron chi connectivity index (χ1n) is 11.7. The first-order valence-corrected chi connectivity index (χ1v) is 11.7. The molecule has 2 amide bonds. The average Bonchev–Trinajstić information content (AvgIpc) is 2.89. The van der Waals surface area contributed by atoms with E-state index in [1.165, 1.54) is 12.1 Å². The highest BCUT2D eigenvalue weighted by atomic mass is 19.4. The number of benzene rings is 3. The summed E-state index contributed by atoms with van der Waals surface area (Å²) in [5.41, 5.74) is -1.24. The molecule has 12 heteroatoms. The molecule has 0 fully saturated rings. The number of alkyl halides is 3. The van der Waals surface area contributed by atoms with E-state index in [0.717, 1.165) is 12.1 Å². The fourth-order valence-electron chi connectivity index (χ4n) is 4.02.